The second-order valence-corrected chi connectivity index (χ2v) is 5.41. The van der Waals surface area contributed by atoms with Crippen LogP contribution < -0.4 is 0 Å². The lowest BCUT2D eigenvalue weighted by molar-refractivity contribution is -0.110. The Kier molecular flexibility index (Phi) is 2.91. The smallest absolute Gasteiger partial charge is 0.0721 e. The van der Waals surface area contributed by atoms with Crippen LogP contribution >= 0.6 is 0 Å². The Morgan fingerprint density at radius 3 is 2.87 bits per heavy atom. The molecule has 1 N–H and O–H groups in total. The van der Waals surface area contributed by atoms with Crippen molar-refractivity contribution in [2.45, 2.75) is 57.7 Å². The Labute approximate surface area is 92.3 Å². The molecule has 0 amide bonds. The van der Waals surface area contributed by atoms with Gasteiger partial charge in [0.25, 0.3) is 0 Å². The van der Waals surface area contributed by atoms with E-state index in [-0.39, 0.29) is 11.7 Å². The third kappa shape index (κ3) is 2.26. The van der Waals surface area contributed by atoms with Crippen LogP contribution in [-0.2, 0) is 4.74 Å². The molecule has 0 saturated carbocycles. The fourth-order valence-corrected chi connectivity index (χ4v) is 2.90. The van der Waals surface area contributed by atoms with Crippen molar-refractivity contribution < 1.29 is 9.84 Å². The van der Waals surface area contributed by atoms with Gasteiger partial charge in [-0.1, -0.05) is 19.1 Å². The van der Waals surface area contributed by atoms with Gasteiger partial charge in [-0.15, -0.1) is 0 Å². The number of aliphatic hydroxyl groups excluding tert-OH is 1. The van der Waals surface area contributed by atoms with Gasteiger partial charge in [-0.25, -0.2) is 0 Å². The predicted octanol–water partition coefficient (Wildman–Crippen LogP) is 2.66. The van der Waals surface area contributed by atoms with E-state index in [0.29, 0.717) is 5.41 Å². The highest BCUT2D eigenvalue weighted by molar-refractivity contribution is 5.10. The van der Waals surface area contributed by atoms with Crippen LogP contribution in [0.5, 0.6) is 0 Å². The molecule has 1 fully saturated rings. The minimum absolute atomic E-state index is 0.0465. The van der Waals surface area contributed by atoms with Crippen LogP contribution in [0.1, 0.15) is 46.0 Å². The lowest BCUT2D eigenvalue weighted by Gasteiger charge is -2.46. The highest BCUT2D eigenvalue weighted by Gasteiger charge is 2.41. The van der Waals surface area contributed by atoms with Crippen molar-refractivity contribution in [3.8, 4) is 0 Å². The molecule has 0 bridgehead atoms. The molecule has 1 aliphatic heterocycles. The van der Waals surface area contributed by atoms with Crippen LogP contribution in [0, 0.1) is 5.41 Å². The van der Waals surface area contributed by atoms with Gasteiger partial charge in [0.05, 0.1) is 11.7 Å². The van der Waals surface area contributed by atoms with Crippen molar-refractivity contribution in [1.29, 1.82) is 0 Å². The second-order valence-electron chi connectivity index (χ2n) is 5.41. The molecule has 86 valence electrons. The summed E-state index contributed by atoms with van der Waals surface area (Å²) in [6, 6.07) is 0. The van der Waals surface area contributed by atoms with Crippen LogP contribution in [0.2, 0.25) is 0 Å². The van der Waals surface area contributed by atoms with Crippen molar-refractivity contribution in [2.75, 3.05) is 6.61 Å². The van der Waals surface area contributed by atoms with Gasteiger partial charge in [0, 0.05) is 6.61 Å². The van der Waals surface area contributed by atoms with Gasteiger partial charge in [0.15, 0.2) is 0 Å². The molecule has 2 rings (SSSR count). The summed E-state index contributed by atoms with van der Waals surface area (Å²) in [5.41, 5.74) is 0.354. The maximum absolute atomic E-state index is 9.49. The zero-order valence-electron chi connectivity index (χ0n) is 9.83. The van der Waals surface area contributed by atoms with E-state index in [1.54, 1.807) is 0 Å². The number of ether oxygens (including phenoxy) is 1. The topological polar surface area (TPSA) is 29.5 Å². The first-order chi connectivity index (χ1) is 7.08. The molecule has 0 aromatic heterocycles. The number of hydrogen-bond acceptors (Lipinski definition) is 2. The third-order valence-corrected chi connectivity index (χ3v) is 4.13. The molecule has 1 aliphatic carbocycles. The normalized spacial score (nSPS) is 45.9. The Bertz CT molecular complexity index is 261. The quantitative estimate of drug-likeness (QED) is 0.674. The second kappa shape index (κ2) is 3.91. The fraction of sp³-hybridized carbons (Fsp3) is 0.846. The summed E-state index contributed by atoms with van der Waals surface area (Å²) < 4.78 is 5.87. The minimum Gasteiger partial charge on any atom is -0.389 e. The molecule has 1 saturated heterocycles. The van der Waals surface area contributed by atoms with Crippen molar-refractivity contribution in [3.05, 3.63) is 12.2 Å². The lowest BCUT2D eigenvalue weighted by Crippen LogP contribution is -2.43. The van der Waals surface area contributed by atoms with Gasteiger partial charge in [0.2, 0.25) is 0 Å². The maximum atomic E-state index is 9.49. The molecule has 2 aliphatic rings. The zero-order chi connectivity index (χ0) is 10.9. The summed E-state index contributed by atoms with van der Waals surface area (Å²) in [4.78, 5) is 0. The Hall–Kier alpha value is -0.340. The van der Waals surface area contributed by atoms with E-state index in [0.717, 1.165) is 38.7 Å². The molecule has 0 aromatic rings. The monoisotopic (exact) mass is 210 g/mol. The Morgan fingerprint density at radius 1 is 1.47 bits per heavy atom. The number of rotatable bonds is 1. The van der Waals surface area contributed by atoms with Crippen molar-refractivity contribution in [2.24, 2.45) is 5.41 Å². The maximum Gasteiger partial charge on any atom is 0.0721 e. The van der Waals surface area contributed by atoms with E-state index >= 15 is 0 Å². The van der Waals surface area contributed by atoms with E-state index in [1.165, 1.54) is 0 Å². The molecule has 2 nitrogen and oxygen atoms in total. The number of aliphatic hydroxyl groups is 1. The van der Waals surface area contributed by atoms with E-state index in [1.807, 2.05) is 6.08 Å². The van der Waals surface area contributed by atoms with E-state index in [9.17, 15) is 5.11 Å². The van der Waals surface area contributed by atoms with Gasteiger partial charge in [-0.05, 0) is 44.4 Å². The first kappa shape index (κ1) is 11.2. The van der Waals surface area contributed by atoms with Crippen LogP contribution in [0.3, 0.4) is 0 Å². The van der Waals surface area contributed by atoms with Crippen LogP contribution in [0.15, 0.2) is 12.2 Å². The van der Waals surface area contributed by atoms with E-state index in [4.69, 9.17) is 4.74 Å². The van der Waals surface area contributed by atoms with Crippen molar-refractivity contribution >= 4 is 0 Å². The van der Waals surface area contributed by atoms with Gasteiger partial charge in [-0.2, -0.15) is 0 Å². The SMILES string of the molecule is CC[C@]1(C)C[C@]2(C=C[C@H](O)CC2)CCO1. The minimum atomic E-state index is -0.216. The van der Waals surface area contributed by atoms with Gasteiger partial charge < -0.3 is 9.84 Å². The van der Waals surface area contributed by atoms with Crippen molar-refractivity contribution in [1.82, 2.24) is 0 Å². The summed E-state index contributed by atoms with van der Waals surface area (Å²) in [7, 11) is 0. The highest BCUT2D eigenvalue weighted by atomic mass is 16.5. The Balaban J connectivity index is 2.12. The van der Waals surface area contributed by atoms with Crippen LogP contribution in [0.4, 0.5) is 0 Å². The Morgan fingerprint density at radius 2 is 2.27 bits per heavy atom. The van der Waals surface area contributed by atoms with Gasteiger partial charge >= 0.3 is 0 Å². The zero-order valence-corrected chi connectivity index (χ0v) is 9.83. The summed E-state index contributed by atoms with van der Waals surface area (Å²) in [6.45, 7) is 5.28. The molecule has 2 heteroatoms. The molecule has 1 spiro atoms. The third-order valence-electron chi connectivity index (χ3n) is 4.13. The molecule has 3 atom stereocenters. The molecule has 0 radical (unpaired) electrons. The molecule has 1 heterocycles. The number of hydrogen-bond donors (Lipinski definition) is 1. The van der Waals surface area contributed by atoms with Crippen LogP contribution in [-0.4, -0.2) is 23.4 Å². The molecule has 0 unspecified atom stereocenters. The van der Waals surface area contributed by atoms with Gasteiger partial charge in [0.1, 0.15) is 0 Å². The average molecular weight is 210 g/mol. The lowest BCUT2D eigenvalue weighted by atomic mass is 9.67. The largest absolute Gasteiger partial charge is 0.389 e. The summed E-state index contributed by atoms with van der Waals surface area (Å²) in [6.07, 6.45) is 9.34. The predicted molar refractivity (Wildman–Crippen MR) is 60.7 cm³/mol. The molecular formula is C13H22O2. The van der Waals surface area contributed by atoms with E-state index < -0.39 is 0 Å². The first-order valence-electron chi connectivity index (χ1n) is 6.09. The fourth-order valence-electron chi connectivity index (χ4n) is 2.90. The first-order valence-corrected chi connectivity index (χ1v) is 6.09. The summed E-state index contributed by atoms with van der Waals surface area (Å²) in [5, 5.41) is 9.49. The number of allylic oxidation sites excluding steroid dienone is 1. The highest BCUT2D eigenvalue weighted by Crippen LogP contribution is 2.46. The van der Waals surface area contributed by atoms with E-state index in [2.05, 4.69) is 19.9 Å². The van der Waals surface area contributed by atoms with Crippen LogP contribution in [0.25, 0.3) is 0 Å². The van der Waals surface area contributed by atoms with Crippen molar-refractivity contribution in [3.63, 3.8) is 0 Å². The molecular weight excluding hydrogens is 188 g/mol. The standard InChI is InChI=1S/C13H22O2/c1-3-12(2)10-13(8-9-15-12)6-4-11(14)5-7-13/h4,6,11,14H,3,5,7-10H2,1-2H3/t11-,12+,13-/m0/s1. The average Bonchev–Trinajstić information content (AvgIpc) is 2.23. The molecule has 0 aromatic carbocycles. The summed E-state index contributed by atoms with van der Waals surface area (Å²) >= 11 is 0. The van der Waals surface area contributed by atoms with Gasteiger partial charge in [-0.3, -0.25) is 0 Å². The molecule has 15 heavy (non-hydrogen) atoms. The summed E-state index contributed by atoms with van der Waals surface area (Å²) in [5.74, 6) is 0.